The van der Waals surface area contributed by atoms with Crippen molar-refractivity contribution in [3.63, 3.8) is 0 Å². The molecule has 22 heavy (non-hydrogen) atoms. The monoisotopic (exact) mass is 305 g/mol. The Kier molecular flexibility index (Phi) is 7.99. The van der Waals surface area contributed by atoms with E-state index in [1.807, 2.05) is 0 Å². The molecular formula is C15H19N3O4. The number of benzene rings is 1. The van der Waals surface area contributed by atoms with E-state index in [2.05, 4.69) is 22.4 Å². The highest BCUT2D eigenvalue weighted by atomic mass is 16.5. The molecule has 0 saturated heterocycles. The summed E-state index contributed by atoms with van der Waals surface area (Å²) in [5, 5.41) is 6.09. The van der Waals surface area contributed by atoms with Gasteiger partial charge < -0.3 is 14.8 Å². The van der Waals surface area contributed by atoms with E-state index >= 15 is 0 Å². The predicted molar refractivity (Wildman–Crippen MR) is 82.8 cm³/mol. The van der Waals surface area contributed by atoms with Crippen LogP contribution in [0.2, 0.25) is 0 Å². The largest absolute Gasteiger partial charge is 0.490 e. The number of rotatable bonds is 8. The quantitative estimate of drug-likeness (QED) is 0.240. The van der Waals surface area contributed by atoms with Gasteiger partial charge in [-0.25, -0.2) is 5.43 Å². The van der Waals surface area contributed by atoms with Crippen molar-refractivity contribution >= 4 is 18.0 Å². The molecule has 118 valence electrons. The fraction of sp³-hybridized carbons (Fsp3) is 0.267. The summed E-state index contributed by atoms with van der Waals surface area (Å²) in [5.41, 5.74) is 2.90. The van der Waals surface area contributed by atoms with Crippen LogP contribution in [0.4, 0.5) is 0 Å². The molecule has 0 fully saturated rings. The molecule has 1 aromatic rings. The molecule has 0 aliphatic rings. The maximum Gasteiger partial charge on any atom is 0.329 e. The zero-order chi connectivity index (χ0) is 16.2. The number of hydrazone groups is 1. The number of nitrogens with one attached hydrogen (secondary N) is 2. The highest BCUT2D eigenvalue weighted by Gasteiger charge is 2.10. The van der Waals surface area contributed by atoms with Gasteiger partial charge in [0.25, 0.3) is 0 Å². The fourth-order valence-electron chi connectivity index (χ4n) is 1.37. The van der Waals surface area contributed by atoms with Crippen LogP contribution in [-0.4, -0.2) is 44.9 Å². The molecule has 2 N–H and O–H groups in total. The molecule has 0 aromatic heterocycles. The molecule has 0 spiro atoms. The molecule has 0 aliphatic heterocycles. The number of ether oxygens (including phenoxy) is 2. The van der Waals surface area contributed by atoms with Gasteiger partial charge in [-0.15, -0.1) is 0 Å². The molecule has 0 saturated carbocycles. The van der Waals surface area contributed by atoms with Crippen LogP contribution in [0.1, 0.15) is 5.56 Å². The number of methoxy groups -OCH3 is 1. The minimum Gasteiger partial charge on any atom is -0.490 e. The average molecular weight is 305 g/mol. The Morgan fingerprint density at radius 1 is 1.27 bits per heavy atom. The van der Waals surface area contributed by atoms with Crippen LogP contribution in [-0.2, 0) is 14.3 Å². The van der Waals surface area contributed by atoms with Gasteiger partial charge in [-0.2, -0.15) is 5.10 Å². The number of amides is 2. The molecule has 1 rings (SSSR count). The van der Waals surface area contributed by atoms with E-state index in [0.717, 1.165) is 5.56 Å². The van der Waals surface area contributed by atoms with Crippen LogP contribution in [0.5, 0.6) is 5.75 Å². The van der Waals surface area contributed by atoms with Crippen molar-refractivity contribution in [1.82, 2.24) is 10.7 Å². The Morgan fingerprint density at radius 3 is 2.64 bits per heavy atom. The lowest BCUT2D eigenvalue weighted by Gasteiger charge is -2.03. The third kappa shape index (κ3) is 6.67. The van der Waals surface area contributed by atoms with Gasteiger partial charge in [0.05, 0.1) is 12.8 Å². The second kappa shape index (κ2) is 10.1. The minimum absolute atomic E-state index is 0.263. The van der Waals surface area contributed by atoms with Gasteiger partial charge in [-0.05, 0) is 29.8 Å². The lowest BCUT2D eigenvalue weighted by Crippen LogP contribution is -2.39. The second-order valence-corrected chi connectivity index (χ2v) is 4.12. The molecule has 0 radical (unpaired) electrons. The Hall–Kier alpha value is -2.67. The molecule has 7 heteroatoms. The van der Waals surface area contributed by atoms with Crippen LogP contribution >= 0.6 is 0 Å². The molecule has 0 unspecified atom stereocenters. The van der Waals surface area contributed by atoms with E-state index in [1.165, 1.54) is 13.3 Å². The summed E-state index contributed by atoms with van der Waals surface area (Å²) < 4.78 is 10.1. The molecule has 0 bridgehead atoms. The van der Waals surface area contributed by atoms with Gasteiger partial charge in [0.2, 0.25) is 0 Å². The van der Waals surface area contributed by atoms with E-state index in [1.54, 1.807) is 30.3 Å². The van der Waals surface area contributed by atoms with E-state index in [-0.39, 0.29) is 6.54 Å². The van der Waals surface area contributed by atoms with Crippen LogP contribution < -0.4 is 15.5 Å². The first-order valence-electron chi connectivity index (χ1n) is 6.61. The molecule has 1 aromatic carbocycles. The summed E-state index contributed by atoms with van der Waals surface area (Å²) in [6, 6.07) is 7.08. The van der Waals surface area contributed by atoms with Gasteiger partial charge in [0.15, 0.2) is 0 Å². The minimum atomic E-state index is -0.835. The molecule has 0 aliphatic carbocycles. The number of nitrogens with zero attached hydrogens (tertiary/aromatic N) is 1. The summed E-state index contributed by atoms with van der Waals surface area (Å²) in [5.74, 6) is -0.890. The van der Waals surface area contributed by atoms with Crippen molar-refractivity contribution in [1.29, 1.82) is 0 Å². The second-order valence-electron chi connectivity index (χ2n) is 4.12. The first-order valence-corrected chi connectivity index (χ1v) is 6.61. The van der Waals surface area contributed by atoms with E-state index in [0.29, 0.717) is 19.0 Å². The van der Waals surface area contributed by atoms with Gasteiger partial charge in [-0.1, -0.05) is 12.7 Å². The molecule has 0 atom stereocenters. The number of carbonyl (C=O) groups is 2. The fourth-order valence-corrected chi connectivity index (χ4v) is 1.37. The van der Waals surface area contributed by atoms with Crippen molar-refractivity contribution in [2.45, 2.75) is 0 Å². The van der Waals surface area contributed by atoms with E-state index in [4.69, 9.17) is 9.47 Å². The van der Waals surface area contributed by atoms with E-state index in [9.17, 15) is 9.59 Å². The molecular weight excluding hydrogens is 286 g/mol. The number of hydrogen-bond donors (Lipinski definition) is 2. The standard InChI is InChI=1S/C15H19N3O4/c1-3-9-22-13-6-4-12(5-7-13)11-17-18-15(20)14(19)16-8-10-21-2/h3-7,11H,1,8-10H2,2H3,(H,16,19)(H,18,20)/b17-11-. The third-order valence-electron chi connectivity index (χ3n) is 2.43. The van der Waals surface area contributed by atoms with Crippen LogP contribution in [0.15, 0.2) is 42.0 Å². The zero-order valence-corrected chi connectivity index (χ0v) is 12.4. The topological polar surface area (TPSA) is 89.0 Å². The van der Waals surface area contributed by atoms with Crippen LogP contribution in [0.3, 0.4) is 0 Å². The average Bonchev–Trinajstić information content (AvgIpc) is 2.54. The summed E-state index contributed by atoms with van der Waals surface area (Å²) >= 11 is 0. The summed E-state index contributed by atoms with van der Waals surface area (Å²) in [6.07, 6.45) is 3.08. The van der Waals surface area contributed by atoms with E-state index < -0.39 is 11.8 Å². The van der Waals surface area contributed by atoms with Gasteiger partial charge >= 0.3 is 11.8 Å². The Morgan fingerprint density at radius 2 is 2.00 bits per heavy atom. The SMILES string of the molecule is C=CCOc1ccc(/C=N\NC(=O)C(=O)NCCOC)cc1. The summed E-state index contributed by atoms with van der Waals surface area (Å²) in [7, 11) is 1.50. The zero-order valence-electron chi connectivity index (χ0n) is 12.4. The van der Waals surface area contributed by atoms with Crippen molar-refractivity contribution in [3.05, 3.63) is 42.5 Å². The lowest BCUT2D eigenvalue weighted by atomic mass is 10.2. The smallest absolute Gasteiger partial charge is 0.329 e. The summed E-state index contributed by atoms with van der Waals surface area (Å²) in [4.78, 5) is 22.7. The van der Waals surface area contributed by atoms with Gasteiger partial charge in [0, 0.05) is 13.7 Å². The van der Waals surface area contributed by atoms with Crippen molar-refractivity contribution in [2.75, 3.05) is 26.9 Å². The highest BCUT2D eigenvalue weighted by Crippen LogP contribution is 2.10. The van der Waals surface area contributed by atoms with Crippen LogP contribution in [0.25, 0.3) is 0 Å². The maximum absolute atomic E-state index is 11.4. The summed E-state index contributed by atoms with van der Waals surface area (Å²) in [6.45, 7) is 4.59. The van der Waals surface area contributed by atoms with Crippen molar-refractivity contribution in [2.24, 2.45) is 5.10 Å². The molecule has 0 heterocycles. The predicted octanol–water partition coefficient (Wildman–Crippen LogP) is 0.464. The lowest BCUT2D eigenvalue weighted by molar-refractivity contribution is -0.139. The Balaban J connectivity index is 2.39. The first-order chi connectivity index (χ1) is 10.7. The number of carbonyl (C=O) groups excluding carboxylic acids is 2. The van der Waals surface area contributed by atoms with Crippen LogP contribution in [0, 0.1) is 0 Å². The maximum atomic E-state index is 11.4. The number of hydrogen-bond acceptors (Lipinski definition) is 5. The van der Waals surface area contributed by atoms with Gasteiger partial charge in [0.1, 0.15) is 12.4 Å². The Labute approximate surface area is 129 Å². The third-order valence-corrected chi connectivity index (χ3v) is 2.43. The highest BCUT2D eigenvalue weighted by molar-refractivity contribution is 6.35. The van der Waals surface area contributed by atoms with Crippen molar-refractivity contribution in [3.8, 4) is 5.75 Å². The van der Waals surface area contributed by atoms with Crippen molar-refractivity contribution < 1.29 is 19.1 Å². The molecule has 7 nitrogen and oxygen atoms in total. The Bertz CT molecular complexity index is 526. The first kappa shape index (κ1) is 17.4. The normalized spacial score (nSPS) is 10.2. The molecule has 2 amide bonds. The van der Waals surface area contributed by atoms with Gasteiger partial charge in [-0.3, -0.25) is 9.59 Å².